The molecule has 6 heteroatoms. The third kappa shape index (κ3) is 5.72. The molecule has 0 amide bonds. The summed E-state index contributed by atoms with van der Waals surface area (Å²) in [6.07, 6.45) is 9.15. The van der Waals surface area contributed by atoms with Crippen molar-refractivity contribution >= 4 is 5.97 Å². The molecule has 1 atom stereocenters. The molecule has 1 fully saturated rings. The van der Waals surface area contributed by atoms with Gasteiger partial charge in [-0.2, -0.15) is 0 Å². The molecule has 0 unspecified atom stereocenters. The van der Waals surface area contributed by atoms with Gasteiger partial charge in [0.25, 0.3) is 0 Å². The number of pyridine rings is 1. The fraction of sp³-hybridized carbons (Fsp3) is 0.556. The Kier molecular flexibility index (Phi) is 7.32. The van der Waals surface area contributed by atoms with Crippen LogP contribution in [-0.2, 0) is 24.1 Å². The molecule has 2 aromatic rings. The number of unbranched alkanes of at least 4 members (excludes halogenated alkanes) is 1. The summed E-state index contributed by atoms with van der Waals surface area (Å²) in [7, 11) is 1.43. The van der Waals surface area contributed by atoms with Gasteiger partial charge in [0.15, 0.2) is 11.6 Å². The van der Waals surface area contributed by atoms with E-state index in [0.29, 0.717) is 5.56 Å². The highest BCUT2D eigenvalue weighted by Gasteiger charge is 2.42. The highest BCUT2D eigenvalue weighted by atomic mass is 19.1. The van der Waals surface area contributed by atoms with Crippen LogP contribution in [0.15, 0.2) is 30.3 Å². The number of methoxy groups -OCH3 is 1. The Bertz CT molecular complexity index is 987. The number of carboxylic acid groups (broad SMARTS) is 1. The van der Waals surface area contributed by atoms with E-state index >= 15 is 0 Å². The van der Waals surface area contributed by atoms with Crippen molar-refractivity contribution in [2.45, 2.75) is 70.8 Å². The number of rotatable bonds is 10. The highest BCUT2D eigenvalue weighted by molar-refractivity contribution is 5.68. The molecule has 178 valence electrons. The summed E-state index contributed by atoms with van der Waals surface area (Å²) in [5, 5.41) is 9.42. The van der Waals surface area contributed by atoms with Gasteiger partial charge in [-0.05, 0) is 79.7 Å². The lowest BCUT2D eigenvalue weighted by molar-refractivity contribution is -0.140. The van der Waals surface area contributed by atoms with E-state index in [1.54, 1.807) is 12.1 Å². The van der Waals surface area contributed by atoms with E-state index in [1.807, 2.05) is 0 Å². The van der Waals surface area contributed by atoms with Crippen molar-refractivity contribution in [3.63, 3.8) is 0 Å². The number of aryl methyl sites for hydroxylation is 3. The first-order valence-corrected chi connectivity index (χ1v) is 12.1. The molecule has 5 nitrogen and oxygen atoms in total. The van der Waals surface area contributed by atoms with Crippen molar-refractivity contribution in [2.75, 3.05) is 20.2 Å². The maximum atomic E-state index is 14.2. The Labute approximate surface area is 196 Å². The summed E-state index contributed by atoms with van der Waals surface area (Å²) in [6, 6.07) is 8.90. The lowest BCUT2D eigenvalue weighted by Crippen LogP contribution is -2.56. The van der Waals surface area contributed by atoms with Crippen molar-refractivity contribution in [2.24, 2.45) is 5.41 Å². The van der Waals surface area contributed by atoms with E-state index < -0.39 is 11.8 Å². The van der Waals surface area contributed by atoms with Crippen LogP contribution in [0.2, 0.25) is 0 Å². The maximum absolute atomic E-state index is 14.2. The first-order valence-electron chi connectivity index (χ1n) is 12.1. The molecule has 1 N–H and O–H groups in total. The van der Waals surface area contributed by atoms with Gasteiger partial charge in [0.2, 0.25) is 0 Å². The standard InChI is InChI=1S/C27H35FN2O3/c1-27(14-6-5-8-21-12-10-19-7-3-4-9-23(19)29-21)17-30(18-27)24(16-26(31)32)20-11-13-25(33-2)22(28)15-20/h10-13,15,24H,3-9,14,16-18H2,1-2H3,(H,31,32)/t24-/m0/s1. The van der Waals surface area contributed by atoms with Crippen LogP contribution >= 0.6 is 0 Å². The first-order chi connectivity index (χ1) is 15.9. The molecule has 0 radical (unpaired) electrons. The molecule has 2 aliphatic rings. The normalized spacial score (nSPS) is 18.3. The number of nitrogens with zero attached hydrogens (tertiary/aromatic N) is 2. The lowest BCUT2D eigenvalue weighted by Gasteiger charge is -2.52. The number of ether oxygens (including phenoxy) is 1. The summed E-state index contributed by atoms with van der Waals surface area (Å²) in [4.78, 5) is 18.5. The summed E-state index contributed by atoms with van der Waals surface area (Å²) in [6.45, 7) is 3.93. The van der Waals surface area contributed by atoms with Crippen LogP contribution in [0, 0.1) is 11.2 Å². The highest BCUT2D eigenvalue weighted by Crippen LogP contribution is 2.42. The number of benzene rings is 1. The fourth-order valence-corrected chi connectivity index (χ4v) is 5.45. The van der Waals surface area contributed by atoms with Crippen LogP contribution in [0.1, 0.15) is 74.0 Å². The molecular weight excluding hydrogens is 419 g/mol. The van der Waals surface area contributed by atoms with E-state index in [-0.39, 0.29) is 23.6 Å². The van der Waals surface area contributed by atoms with Gasteiger partial charge in [-0.3, -0.25) is 14.7 Å². The van der Waals surface area contributed by atoms with Crippen molar-refractivity contribution in [1.82, 2.24) is 9.88 Å². The Morgan fingerprint density at radius 3 is 2.73 bits per heavy atom. The molecule has 0 saturated carbocycles. The smallest absolute Gasteiger partial charge is 0.305 e. The van der Waals surface area contributed by atoms with Gasteiger partial charge < -0.3 is 9.84 Å². The van der Waals surface area contributed by atoms with E-state index in [4.69, 9.17) is 9.72 Å². The minimum Gasteiger partial charge on any atom is -0.494 e. The number of aromatic nitrogens is 1. The van der Waals surface area contributed by atoms with E-state index in [9.17, 15) is 14.3 Å². The van der Waals surface area contributed by atoms with E-state index in [0.717, 1.165) is 45.2 Å². The number of carboxylic acids is 1. The van der Waals surface area contributed by atoms with Crippen LogP contribution in [-0.4, -0.2) is 41.2 Å². The van der Waals surface area contributed by atoms with Crippen LogP contribution in [0.25, 0.3) is 0 Å². The molecular formula is C27H35FN2O3. The molecule has 1 aromatic heterocycles. The minimum atomic E-state index is -0.873. The zero-order valence-corrected chi connectivity index (χ0v) is 19.8. The number of likely N-dealkylation sites (tertiary alicyclic amines) is 1. The molecule has 1 aromatic carbocycles. The van der Waals surface area contributed by atoms with Crippen LogP contribution < -0.4 is 4.74 Å². The summed E-state index contributed by atoms with van der Waals surface area (Å²) in [5.41, 5.74) is 4.81. The lowest BCUT2D eigenvalue weighted by atomic mass is 9.75. The molecule has 4 rings (SSSR count). The third-order valence-electron chi connectivity index (χ3n) is 7.24. The van der Waals surface area contributed by atoms with Crippen molar-refractivity contribution in [3.8, 4) is 5.75 Å². The summed E-state index contributed by atoms with van der Waals surface area (Å²) < 4.78 is 19.2. The predicted octanol–water partition coefficient (Wildman–Crippen LogP) is 5.36. The molecule has 33 heavy (non-hydrogen) atoms. The predicted molar refractivity (Wildman–Crippen MR) is 126 cm³/mol. The topological polar surface area (TPSA) is 62.7 Å². The number of carbonyl (C=O) groups is 1. The SMILES string of the molecule is COc1ccc([C@H](CC(=O)O)N2CC(C)(CCCCc3ccc4c(n3)CCCC4)C2)cc1F. The number of hydrogen-bond acceptors (Lipinski definition) is 4. The Morgan fingerprint density at radius 1 is 1.21 bits per heavy atom. The average molecular weight is 455 g/mol. The van der Waals surface area contributed by atoms with Gasteiger partial charge in [0.05, 0.1) is 13.5 Å². The van der Waals surface area contributed by atoms with Gasteiger partial charge in [-0.15, -0.1) is 0 Å². The zero-order chi connectivity index (χ0) is 23.4. The number of fused-ring (bicyclic) bond motifs is 1. The monoisotopic (exact) mass is 454 g/mol. The van der Waals surface area contributed by atoms with Crippen molar-refractivity contribution in [3.05, 3.63) is 58.7 Å². The molecule has 1 aliphatic heterocycles. The number of hydrogen-bond donors (Lipinski definition) is 1. The number of aliphatic carboxylic acids is 1. The molecule has 1 saturated heterocycles. The van der Waals surface area contributed by atoms with Gasteiger partial charge in [-0.1, -0.05) is 25.5 Å². The van der Waals surface area contributed by atoms with Crippen LogP contribution in [0.5, 0.6) is 5.75 Å². The largest absolute Gasteiger partial charge is 0.494 e. The van der Waals surface area contributed by atoms with E-state index in [2.05, 4.69) is 24.0 Å². The second-order valence-corrected chi connectivity index (χ2v) is 10.0. The molecule has 0 spiro atoms. The quantitative estimate of drug-likeness (QED) is 0.490. The summed E-state index contributed by atoms with van der Waals surface area (Å²) >= 11 is 0. The minimum absolute atomic E-state index is 0.0359. The first kappa shape index (κ1) is 23.7. The Hall–Kier alpha value is -2.47. The summed E-state index contributed by atoms with van der Waals surface area (Å²) in [5.74, 6) is -1.15. The maximum Gasteiger partial charge on any atom is 0.305 e. The second-order valence-electron chi connectivity index (χ2n) is 10.0. The van der Waals surface area contributed by atoms with Gasteiger partial charge >= 0.3 is 5.97 Å². The molecule has 0 bridgehead atoms. The Morgan fingerprint density at radius 2 is 2.00 bits per heavy atom. The Balaban J connectivity index is 1.28. The average Bonchev–Trinajstić information content (AvgIpc) is 2.78. The van der Waals surface area contributed by atoms with Gasteiger partial charge in [-0.25, -0.2) is 4.39 Å². The zero-order valence-electron chi connectivity index (χ0n) is 19.8. The van der Waals surface area contributed by atoms with Gasteiger partial charge in [0.1, 0.15) is 0 Å². The third-order valence-corrected chi connectivity index (χ3v) is 7.24. The second kappa shape index (κ2) is 10.2. The number of halogens is 1. The van der Waals surface area contributed by atoms with Crippen molar-refractivity contribution in [1.29, 1.82) is 0 Å². The van der Waals surface area contributed by atoms with Gasteiger partial charge in [0, 0.05) is 30.5 Å². The molecule has 1 aliphatic carbocycles. The van der Waals surface area contributed by atoms with E-state index in [1.165, 1.54) is 49.4 Å². The van der Waals surface area contributed by atoms with Crippen LogP contribution in [0.4, 0.5) is 4.39 Å². The molecule has 2 heterocycles. The van der Waals surface area contributed by atoms with Crippen LogP contribution in [0.3, 0.4) is 0 Å². The van der Waals surface area contributed by atoms with Crippen molar-refractivity contribution < 1.29 is 19.0 Å². The fourth-order valence-electron chi connectivity index (χ4n) is 5.45.